The number of aromatic nitrogens is 3. The first kappa shape index (κ1) is 24.1. The summed E-state index contributed by atoms with van der Waals surface area (Å²) in [7, 11) is -0.364. The molecule has 0 saturated carbocycles. The van der Waals surface area contributed by atoms with Crippen molar-refractivity contribution in [2.24, 2.45) is 0 Å². The molecule has 4 aromatic rings. The number of sulfonamides is 1. The third kappa shape index (κ3) is 4.38. The first-order valence-corrected chi connectivity index (χ1v) is 13.2. The normalized spacial score (nSPS) is 16.0. The molecule has 2 aromatic heterocycles. The highest BCUT2D eigenvalue weighted by molar-refractivity contribution is 7.89. The predicted molar refractivity (Wildman–Crippen MR) is 138 cm³/mol. The largest absolute Gasteiger partial charge is 0.493 e. The number of hydrogen-bond donors (Lipinski definition) is 1. The van der Waals surface area contributed by atoms with E-state index in [4.69, 9.17) is 19.6 Å². The number of nitrogens with one attached hydrogen (secondary N) is 1. The van der Waals surface area contributed by atoms with Gasteiger partial charge in [-0.25, -0.2) is 22.6 Å². The first-order valence-electron chi connectivity index (χ1n) is 11.7. The van der Waals surface area contributed by atoms with E-state index in [0.717, 1.165) is 34.0 Å². The molecule has 0 radical (unpaired) electrons. The van der Waals surface area contributed by atoms with Gasteiger partial charge in [0.25, 0.3) is 0 Å². The van der Waals surface area contributed by atoms with Crippen molar-refractivity contribution in [3.05, 3.63) is 66.0 Å². The van der Waals surface area contributed by atoms with Crippen LogP contribution in [0.5, 0.6) is 11.5 Å². The van der Waals surface area contributed by atoms with Crippen LogP contribution in [0.15, 0.2) is 59.5 Å². The minimum absolute atomic E-state index is 0.204. The van der Waals surface area contributed by atoms with E-state index < -0.39 is 10.0 Å². The van der Waals surface area contributed by atoms with E-state index in [9.17, 15) is 8.42 Å². The maximum atomic E-state index is 12.8. The van der Waals surface area contributed by atoms with Crippen molar-refractivity contribution >= 4 is 21.4 Å². The maximum absolute atomic E-state index is 12.8. The van der Waals surface area contributed by atoms with E-state index in [1.54, 1.807) is 44.6 Å². The molecule has 0 unspecified atom stereocenters. The van der Waals surface area contributed by atoms with Crippen LogP contribution in [-0.2, 0) is 10.0 Å². The molecule has 36 heavy (non-hydrogen) atoms. The molecule has 1 aliphatic rings. The van der Waals surface area contributed by atoms with Crippen LogP contribution in [0.25, 0.3) is 16.9 Å². The summed E-state index contributed by atoms with van der Waals surface area (Å²) in [6.07, 6.45) is 0.696. The van der Waals surface area contributed by atoms with Crippen LogP contribution in [0.4, 0.5) is 5.69 Å². The smallest absolute Gasteiger partial charge is 0.240 e. The zero-order chi connectivity index (χ0) is 25.4. The number of anilines is 1. The molecule has 10 heteroatoms. The summed E-state index contributed by atoms with van der Waals surface area (Å²) in [5, 5.41) is 4.76. The first-order chi connectivity index (χ1) is 17.3. The number of fused-ring (bicyclic) bond motifs is 1. The molecular formula is C26H29N5O4S. The summed E-state index contributed by atoms with van der Waals surface area (Å²) < 4.78 is 41.3. The molecule has 1 fully saturated rings. The van der Waals surface area contributed by atoms with E-state index in [1.807, 2.05) is 42.6 Å². The highest BCUT2D eigenvalue weighted by atomic mass is 32.2. The van der Waals surface area contributed by atoms with Gasteiger partial charge in [0, 0.05) is 24.7 Å². The Hall–Kier alpha value is -3.63. The monoisotopic (exact) mass is 507 g/mol. The molecule has 1 aliphatic heterocycles. The second-order valence-electron chi connectivity index (χ2n) is 8.89. The highest BCUT2D eigenvalue weighted by Crippen LogP contribution is 2.35. The molecule has 3 heterocycles. The number of imidazole rings is 1. The Labute approximate surface area is 210 Å². The Morgan fingerprint density at radius 3 is 2.47 bits per heavy atom. The number of aryl methyl sites for hydroxylation is 2. The van der Waals surface area contributed by atoms with Gasteiger partial charge in [0.15, 0.2) is 17.1 Å². The van der Waals surface area contributed by atoms with Crippen LogP contribution in [0, 0.1) is 13.8 Å². The van der Waals surface area contributed by atoms with Crippen LogP contribution in [-0.4, -0.2) is 56.4 Å². The van der Waals surface area contributed by atoms with Crippen molar-refractivity contribution in [3.63, 3.8) is 0 Å². The SMILES string of the molecule is COc1ccc(-c2c(C)nc3c(N4CC[C@@H](NS(=O)(=O)c5ccccc5)C4)cc(C)nn23)cc1OC. The quantitative estimate of drug-likeness (QED) is 0.408. The highest BCUT2D eigenvalue weighted by Gasteiger charge is 2.29. The molecule has 0 amide bonds. The van der Waals surface area contributed by atoms with Gasteiger partial charge in [0.2, 0.25) is 10.0 Å². The molecule has 0 aliphatic carbocycles. The predicted octanol–water partition coefficient (Wildman–Crippen LogP) is 3.59. The third-order valence-corrected chi connectivity index (χ3v) is 7.96. The second-order valence-corrected chi connectivity index (χ2v) is 10.6. The van der Waals surface area contributed by atoms with Crippen LogP contribution in [0.3, 0.4) is 0 Å². The number of hydrogen-bond acceptors (Lipinski definition) is 7. The Bertz CT molecular complexity index is 1520. The molecule has 2 aromatic carbocycles. The summed E-state index contributed by atoms with van der Waals surface area (Å²) in [5.41, 5.74) is 5.12. The summed E-state index contributed by atoms with van der Waals surface area (Å²) in [5.74, 6) is 1.28. The Morgan fingerprint density at radius 2 is 1.75 bits per heavy atom. The number of methoxy groups -OCH3 is 2. The van der Waals surface area contributed by atoms with Crippen molar-refractivity contribution in [3.8, 4) is 22.8 Å². The molecule has 0 bridgehead atoms. The van der Waals surface area contributed by atoms with Crippen molar-refractivity contribution in [1.29, 1.82) is 0 Å². The second kappa shape index (κ2) is 9.44. The van der Waals surface area contributed by atoms with Gasteiger partial charge in [0.1, 0.15) is 0 Å². The van der Waals surface area contributed by atoms with Gasteiger partial charge in [-0.2, -0.15) is 5.10 Å². The Balaban J connectivity index is 1.48. The van der Waals surface area contributed by atoms with Gasteiger partial charge in [-0.1, -0.05) is 18.2 Å². The van der Waals surface area contributed by atoms with Crippen LogP contribution in [0.2, 0.25) is 0 Å². The minimum atomic E-state index is -3.58. The number of rotatable bonds is 7. The topological polar surface area (TPSA) is 98.1 Å². The lowest BCUT2D eigenvalue weighted by atomic mass is 10.1. The zero-order valence-corrected chi connectivity index (χ0v) is 21.5. The zero-order valence-electron chi connectivity index (χ0n) is 20.7. The van der Waals surface area contributed by atoms with Crippen molar-refractivity contribution < 1.29 is 17.9 Å². The van der Waals surface area contributed by atoms with Crippen molar-refractivity contribution in [1.82, 2.24) is 19.3 Å². The summed E-state index contributed by atoms with van der Waals surface area (Å²) >= 11 is 0. The summed E-state index contributed by atoms with van der Waals surface area (Å²) in [6, 6.07) is 16.0. The van der Waals surface area contributed by atoms with Gasteiger partial charge >= 0.3 is 0 Å². The number of ether oxygens (including phenoxy) is 2. The van der Waals surface area contributed by atoms with E-state index in [1.165, 1.54) is 0 Å². The lowest BCUT2D eigenvalue weighted by molar-refractivity contribution is 0.355. The average molecular weight is 508 g/mol. The fourth-order valence-corrected chi connectivity index (χ4v) is 6.02. The van der Waals surface area contributed by atoms with Crippen LogP contribution < -0.4 is 19.1 Å². The van der Waals surface area contributed by atoms with E-state index in [2.05, 4.69) is 9.62 Å². The molecular weight excluding hydrogens is 478 g/mol. The number of benzene rings is 2. The third-order valence-electron chi connectivity index (χ3n) is 6.42. The van der Waals surface area contributed by atoms with Crippen LogP contribution >= 0.6 is 0 Å². The molecule has 0 spiro atoms. The van der Waals surface area contributed by atoms with Gasteiger partial charge < -0.3 is 14.4 Å². The van der Waals surface area contributed by atoms with E-state index in [0.29, 0.717) is 31.0 Å². The standard InChI is InChI=1S/C26H29N5O4S/c1-17-14-22(30-13-12-20(16-30)29-36(32,33)21-8-6-5-7-9-21)26-27-18(2)25(31(26)28-17)19-10-11-23(34-3)24(15-19)35-4/h5-11,14-15,20,29H,12-13,16H2,1-4H3/t20-/m1/s1. The lowest BCUT2D eigenvalue weighted by Crippen LogP contribution is -2.37. The lowest BCUT2D eigenvalue weighted by Gasteiger charge is -2.20. The number of nitrogens with zero attached hydrogens (tertiary/aromatic N) is 4. The van der Waals surface area contributed by atoms with E-state index in [-0.39, 0.29) is 10.9 Å². The Morgan fingerprint density at radius 1 is 1.00 bits per heavy atom. The molecule has 1 atom stereocenters. The Kier molecular flexibility index (Phi) is 6.31. The molecule has 188 valence electrons. The minimum Gasteiger partial charge on any atom is -0.493 e. The van der Waals surface area contributed by atoms with Gasteiger partial charge in [-0.3, -0.25) is 0 Å². The van der Waals surface area contributed by atoms with Crippen molar-refractivity contribution in [2.45, 2.75) is 31.2 Å². The molecule has 5 rings (SSSR count). The van der Waals surface area contributed by atoms with Gasteiger partial charge in [0.05, 0.1) is 41.9 Å². The molecule has 1 N–H and O–H groups in total. The maximum Gasteiger partial charge on any atom is 0.240 e. The van der Waals surface area contributed by atoms with Crippen molar-refractivity contribution in [2.75, 3.05) is 32.2 Å². The average Bonchev–Trinajstić information content (AvgIpc) is 3.46. The molecule has 1 saturated heterocycles. The summed E-state index contributed by atoms with van der Waals surface area (Å²) in [4.78, 5) is 7.31. The summed E-state index contributed by atoms with van der Waals surface area (Å²) in [6.45, 7) is 5.16. The fraction of sp³-hybridized carbons (Fsp3) is 0.308. The van der Waals surface area contributed by atoms with Crippen LogP contribution in [0.1, 0.15) is 17.8 Å². The molecule has 9 nitrogen and oxygen atoms in total. The fourth-order valence-electron chi connectivity index (χ4n) is 4.74. The van der Waals surface area contributed by atoms with E-state index >= 15 is 0 Å². The van der Waals surface area contributed by atoms with Gasteiger partial charge in [-0.15, -0.1) is 0 Å². The van der Waals surface area contributed by atoms with Gasteiger partial charge in [-0.05, 0) is 56.7 Å².